The fraction of sp³-hybridized carbons (Fsp3) is 0.286. The van der Waals surface area contributed by atoms with Gasteiger partial charge in [-0.3, -0.25) is 4.79 Å². The molecule has 0 radical (unpaired) electrons. The molecule has 0 aliphatic carbocycles. The zero-order valence-electron chi connectivity index (χ0n) is 15.8. The van der Waals surface area contributed by atoms with Crippen molar-refractivity contribution in [2.45, 2.75) is 32.8 Å². The Morgan fingerprint density at radius 2 is 1.89 bits per heavy atom. The number of carbonyl (C=O) groups excluding carboxylic acids is 1. The van der Waals surface area contributed by atoms with Crippen LogP contribution in [0.1, 0.15) is 25.2 Å². The number of rotatable bonds is 8. The van der Waals surface area contributed by atoms with E-state index in [1.165, 1.54) is 0 Å². The van der Waals surface area contributed by atoms with Gasteiger partial charge < -0.3 is 14.6 Å². The van der Waals surface area contributed by atoms with Crippen molar-refractivity contribution < 1.29 is 14.1 Å². The van der Waals surface area contributed by atoms with Crippen LogP contribution in [0, 0.1) is 0 Å². The fourth-order valence-corrected chi connectivity index (χ4v) is 2.70. The minimum Gasteiger partial charge on any atom is -0.481 e. The highest BCUT2D eigenvalue weighted by molar-refractivity contribution is 6.30. The van der Waals surface area contributed by atoms with Crippen LogP contribution in [0.3, 0.4) is 0 Å². The first-order valence-electron chi connectivity index (χ1n) is 9.17. The Labute approximate surface area is 168 Å². The summed E-state index contributed by atoms with van der Waals surface area (Å²) in [5.41, 5.74) is 1.98. The Balaban J connectivity index is 1.46. The van der Waals surface area contributed by atoms with E-state index in [4.69, 9.17) is 20.9 Å². The minimum atomic E-state index is -0.589. The molecule has 28 heavy (non-hydrogen) atoms. The summed E-state index contributed by atoms with van der Waals surface area (Å²) in [6.07, 6.45) is 0.861. The summed E-state index contributed by atoms with van der Waals surface area (Å²) in [6.45, 7) is 4.22. The Morgan fingerprint density at radius 3 is 2.54 bits per heavy atom. The second-order valence-corrected chi connectivity index (χ2v) is 6.76. The maximum Gasteiger partial charge on any atom is 0.260 e. The fourth-order valence-electron chi connectivity index (χ4n) is 2.57. The molecule has 0 saturated carbocycles. The van der Waals surface area contributed by atoms with Crippen LogP contribution in [-0.4, -0.2) is 28.7 Å². The van der Waals surface area contributed by atoms with Gasteiger partial charge in [-0.05, 0) is 55.3 Å². The van der Waals surface area contributed by atoms with Gasteiger partial charge in [0.25, 0.3) is 11.8 Å². The van der Waals surface area contributed by atoms with E-state index in [2.05, 4.69) is 15.5 Å². The van der Waals surface area contributed by atoms with E-state index in [1.54, 1.807) is 31.2 Å². The third-order valence-electron chi connectivity index (χ3n) is 4.19. The van der Waals surface area contributed by atoms with Crippen LogP contribution < -0.4 is 10.1 Å². The summed E-state index contributed by atoms with van der Waals surface area (Å²) in [4.78, 5) is 16.5. The number of hydrogen-bond acceptors (Lipinski definition) is 5. The van der Waals surface area contributed by atoms with Crippen molar-refractivity contribution in [2.24, 2.45) is 0 Å². The molecule has 0 aliphatic rings. The Morgan fingerprint density at radius 1 is 1.18 bits per heavy atom. The predicted molar refractivity (Wildman–Crippen MR) is 107 cm³/mol. The molecule has 3 rings (SSSR count). The van der Waals surface area contributed by atoms with E-state index in [-0.39, 0.29) is 5.91 Å². The van der Waals surface area contributed by atoms with E-state index < -0.39 is 6.10 Å². The molecule has 1 N–H and O–H groups in total. The highest BCUT2D eigenvalue weighted by atomic mass is 35.5. The summed E-state index contributed by atoms with van der Waals surface area (Å²) < 4.78 is 10.9. The summed E-state index contributed by atoms with van der Waals surface area (Å²) in [6, 6.07) is 14.8. The standard InChI is InChI=1S/C21H22ClN3O3/c1-3-19-24-21(28-25-19)16-6-4-15(5-7-16)12-13-23-20(26)14(2)27-18-10-8-17(22)9-11-18/h4-11,14H,3,12-13H2,1-2H3,(H,23,26). The number of ether oxygens (including phenoxy) is 1. The molecule has 1 amide bonds. The van der Waals surface area contributed by atoms with Crippen molar-refractivity contribution in [3.05, 3.63) is 64.9 Å². The molecule has 1 unspecified atom stereocenters. The van der Waals surface area contributed by atoms with Gasteiger partial charge in [0.2, 0.25) is 0 Å². The molecule has 0 bridgehead atoms. The van der Waals surface area contributed by atoms with Crippen molar-refractivity contribution in [1.82, 2.24) is 15.5 Å². The van der Waals surface area contributed by atoms with Crippen LogP contribution in [0.5, 0.6) is 5.75 Å². The van der Waals surface area contributed by atoms with Crippen molar-refractivity contribution in [3.63, 3.8) is 0 Å². The number of halogens is 1. The van der Waals surface area contributed by atoms with Gasteiger partial charge >= 0.3 is 0 Å². The number of benzene rings is 2. The highest BCUT2D eigenvalue weighted by Crippen LogP contribution is 2.18. The van der Waals surface area contributed by atoms with Gasteiger partial charge in [0.15, 0.2) is 11.9 Å². The lowest BCUT2D eigenvalue weighted by Gasteiger charge is -2.14. The summed E-state index contributed by atoms with van der Waals surface area (Å²) in [5.74, 6) is 1.65. The second kappa shape index (κ2) is 9.37. The number of amides is 1. The maximum atomic E-state index is 12.2. The molecule has 0 saturated heterocycles. The lowest BCUT2D eigenvalue weighted by atomic mass is 10.1. The minimum absolute atomic E-state index is 0.162. The molecule has 146 valence electrons. The van der Waals surface area contributed by atoms with Crippen molar-refractivity contribution in [3.8, 4) is 17.2 Å². The Hall–Kier alpha value is -2.86. The molecule has 0 aliphatic heterocycles. The molecular formula is C21H22ClN3O3. The predicted octanol–water partition coefficient (Wildman–Crippen LogP) is 4.08. The molecule has 0 spiro atoms. The monoisotopic (exact) mass is 399 g/mol. The lowest BCUT2D eigenvalue weighted by molar-refractivity contribution is -0.127. The molecule has 0 fully saturated rings. The van der Waals surface area contributed by atoms with E-state index in [0.717, 1.165) is 17.5 Å². The lowest BCUT2D eigenvalue weighted by Crippen LogP contribution is -2.37. The Bertz CT molecular complexity index is 907. The third kappa shape index (κ3) is 5.33. The van der Waals surface area contributed by atoms with E-state index in [9.17, 15) is 4.79 Å². The quantitative estimate of drug-likeness (QED) is 0.617. The topological polar surface area (TPSA) is 77.2 Å². The second-order valence-electron chi connectivity index (χ2n) is 6.32. The zero-order chi connectivity index (χ0) is 19.9. The van der Waals surface area contributed by atoms with Gasteiger partial charge in [-0.15, -0.1) is 0 Å². The van der Waals surface area contributed by atoms with Crippen molar-refractivity contribution in [1.29, 1.82) is 0 Å². The third-order valence-corrected chi connectivity index (χ3v) is 4.45. The molecule has 3 aromatic rings. The first-order valence-corrected chi connectivity index (χ1v) is 9.54. The maximum absolute atomic E-state index is 12.2. The van der Waals surface area contributed by atoms with Crippen LogP contribution in [0.4, 0.5) is 0 Å². The SMILES string of the molecule is CCc1noc(-c2ccc(CCNC(=O)C(C)Oc3ccc(Cl)cc3)cc2)n1. The average Bonchev–Trinajstić information content (AvgIpc) is 3.19. The number of nitrogens with one attached hydrogen (secondary N) is 1. The summed E-state index contributed by atoms with van der Waals surface area (Å²) >= 11 is 5.84. The molecule has 7 heteroatoms. The summed E-state index contributed by atoms with van der Waals surface area (Å²) in [7, 11) is 0. The molecule has 2 aromatic carbocycles. The molecule has 1 heterocycles. The van der Waals surface area contributed by atoms with Gasteiger partial charge in [-0.25, -0.2) is 0 Å². The highest BCUT2D eigenvalue weighted by Gasteiger charge is 2.14. The van der Waals surface area contributed by atoms with Gasteiger partial charge in [0.1, 0.15) is 5.75 Å². The van der Waals surface area contributed by atoms with Crippen LogP contribution >= 0.6 is 11.6 Å². The first kappa shape index (κ1) is 19.9. The van der Waals surface area contributed by atoms with E-state index in [0.29, 0.717) is 35.5 Å². The van der Waals surface area contributed by atoms with Gasteiger partial charge in [0, 0.05) is 23.6 Å². The number of aromatic nitrogens is 2. The number of carbonyl (C=O) groups is 1. The first-order chi connectivity index (χ1) is 13.5. The van der Waals surface area contributed by atoms with Crippen LogP contribution in [0.25, 0.3) is 11.5 Å². The molecular weight excluding hydrogens is 378 g/mol. The number of nitrogens with zero attached hydrogens (tertiary/aromatic N) is 2. The zero-order valence-corrected chi connectivity index (χ0v) is 16.6. The van der Waals surface area contributed by atoms with Crippen LogP contribution in [-0.2, 0) is 17.6 Å². The number of aryl methyl sites for hydroxylation is 1. The smallest absolute Gasteiger partial charge is 0.260 e. The normalized spacial score (nSPS) is 11.8. The van der Waals surface area contributed by atoms with Gasteiger partial charge in [0.05, 0.1) is 0 Å². The summed E-state index contributed by atoms with van der Waals surface area (Å²) in [5, 5.41) is 7.42. The Kier molecular flexibility index (Phi) is 6.66. The van der Waals surface area contributed by atoms with Crippen LogP contribution in [0.15, 0.2) is 53.1 Å². The largest absolute Gasteiger partial charge is 0.481 e. The molecule has 6 nitrogen and oxygen atoms in total. The number of hydrogen-bond donors (Lipinski definition) is 1. The average molecular weight is 400 g/mol. The molecule has 1 atom stereocenters. The van der Waals surface area contributed by atoms with E-state index in [1.807, 2.05) is 31.2 Å². The van der Waals surface area contributed by atoms with E-state index >= 15 is 0 Å². The van der Waals surface area contributed by atoms with Crippen LogP contribution in [0.2, 0.25) is 5.02 Å². The van der Waals surface area contributed by atoms with Crippen molar-refractivity contribution >= 4 is 17.5 Å². The van der Waals surface area contributed by atoms with Gasteiger partial charge in [-0.1, -0.05) is 35.8 Å². The van der Waals surface area contributed by atoms with Gasteiger partial charge in [-0.2, -0.15) is 4.98 Å². The van der Waals surface area contributed by atoms with Crippen molar-refractivity contribution in [2.75, 3.05) is 6.54 Å². The molecule has 1 aromatic heterocycles.